The summed E-state index contributed by atoms with van der Waals surface area (Å²) in [6.07, 6.45) is 0.262. The lowest BCUT2D eigenvalue weighted by Crippen LogP contribution is -2.17. The number of aromatic nitrogens is 1. The van der Waals surface area contributed by atoms with E-state index in [4.69, 9.17) is 9.47 Å². The monoisotopic (exact) mass is 333 g/mol. The molecule has 7 heteroatoms. The van der Waals surface area contributed by atoms with Crippen molar-refractivity contribution in [2.45, 2.75) is 13.0 Å². The van der Waals surface area contributed by atoms with Crippen LogP contribution in [-0.2, 0) is 17.8 Å². The van der Waals surface area contributed by atoms with Gasteiger partial charge in [0.25, 0.3) is 0 Å². The van der Waals surface area contributed by atoms with E-state index in [1.807, 2.05) is 31.6 Å². The first-order valence-electron chi connectivity index (χ1n) is 7.37. The quantitative estimate of drug-likeness (QED) is 0.908. The highest BCUT2D eigenvalue weighted by Gasteiger charge is 2.13. The van der Waals surface area contributed by atoms with Crippen LogP contribution in [0.25, 0.3) is 0 Å². The van der Waals surface area contributed by atoms with E-state index < -0.39 is 0 Å². The lowest BCUT2D eigenvalue weighted by Gasteiger charge is -2.18. The number of anilines is 1. The summed E-state index contributed by atoms with van der Waals surface area (Å²) in [5, 5.41) is 5.81. The van der Waals surface area contributed by atoms with Crippen LogP contribution in [-0.4, -0.2) is 43.1 Å². The fourth-order valence-corrected chi connectivity index (χ4v) is 3.17. The van der Waals surface area contributed by atoms with Gasteiger partial charge in [-0.15, -0.1) is 11.3 Å². The summed E-state index contributed by atoms with van der Waals surface area (Å²) in [5.74, 6) is 1.28. The van der Waals surface area contributed by atoms with E-state index in [1.165, 1.54) is 0 Å². The molecule has 0 fully saturated rings. The zero-order valence-corrected chi connectivity index (χ0v) is 14.0. The van der Waals surface area contributed by atoms with Gasteiger partial charge in [0, 0.05) is 23.7 Å². The van der Waals surface area contributed by atoms with Crippen LogP contribution < -0.4 is 14.8 Å². The van der Waals surface area contributed by atoms with Crippen molar-refractivity contribution in [3.8, 4) is 11.5 Å². The summed E-state index contributed by atoms with van der Waals surface area (Å²) < 4.78 is 11.0. The summed E-state index contributed by atoms with van der Waals surface area (Å²) in [5.41, 5.74) is 1.49. The van der Waals surface area contributed by atoms with Crippen LogP contribution in [0.2, 0.25) is 0 Å². The van der Waals surface area contributed by atoms with Gasteiger partial charge in [-0.25, -0.2) is 4.98 Å². The van der Waals surface area contributed by atoms with Crippen molar-refractivity contribution >= 4 is 22.9 Å². The van der Waals surface area contributed by atoms with Gasteiger partial charge in [0.15, 0.2) is 11.5 Å². The maximum atomic E-state index is 12.2. The van der Waals surface area contributed by atoms with Crippen LogP contribution in [0.1, 0.15) is 10.7 Å². The van der Waals surface area contributed by atoms with Crippen LogP contribution in [0.15, 0.2) is 23.6 Å². The predicted octanol–water partition coefficient (Wildman–Crippen LogP) is 2.16. The largest absolute Gasteiger partial charge is 0.486 e. The van der Waals surface area contributed by atoms with E-state index in [9.17, 15) is 4.79 Å². The highest BCUT2D eigenvalue weighted by Crippen LogP contribution is 2.32. The molecular weight excluding hydrogens is 314 g/mol. The molecule has 0 aliphatic carbocycles. The van der Waals surface area contributed by atoms with Crippen molar-refractivity contribution in [3.05, 3.63) is 34.3 Å². The van der Waals surface area contributed by atoms with Gasteiger partial charge in [0.1, 0.15) is 18.2 Å². The van der Waals surface area contributed by atoms with Crippen molar-refractivity contribution in [2.24, 2.45) is 0 Å². The van der Waals surface area contributed by atoms with Crippen molar-refractivity contribution in [2.75, 3.05) is 32.6 Å². The molecule has 0 spiro atoms. The van der Waals surface area contributed by atoms with Crippen LogP contribution >= 0.6 is 11.3 Å². The van der Waals surface area contributed by atoms with Crippen molar-refractivity contribution in [1.29, 1.82) is 0 Å². The first-order valence-corrected chi connectivity index (χ1v) is 8.25. The van der Waals surface area contributed by atoms with Crippen LogP contribution in [0.3, 0.4) is 0 Å². The molecule has 0 saturated heterocycles. The molecule has 0 saturated carbocycles. The zero-order valence-electron chi connectivity index (χ0n) is 13.2. The van der Waals surface area contributed by atoms with Gasteiger partial charge in [-0.2, -0.15) is 0 Å². The molecule has 1 aliphatic heterocycles. The second-order valence-corrected chi connectivity index (χ2v) is 6.50. The second kappa shape index (κ2) is 6.97. The second-order valence-electron chi connectivity index (χ2n) is 5.55. The minimum atomic E-state index is -0.0941. The molecule has 0 atom stereocenters. The number of ether oxygens (including phenoxy) is 2. The topological polar surface area (TPSA) is 63.7 Å². The average molecular weight is 333 g/mol. The van der Waals surface area contributed by atoms with E-state index in [0.717, 1.165) is 17.2 Å². The van der Waals surface area contributed by atoms with Crippen LogP contribution in [0.4, 0.5) is 5.69 Å². The predicted molar refractivity (Wildman–Crippen MR) is 89.3 cm³/mol. The number of nitrogens with one attached hydrogen (secondary N) is 1. The van der Waals surface area contributed by atoms with Crippen LogP contribution in [0, 0.1) is 0 Å². The SMILES string of the molecule is CN(C)Cc1nc(CC(=O)Nc2ccc3c(c2)OCCO3)cs1. The normalized spacial score (nSPS) is 13.2. The first-order chi connectivity index (χ1) is 11.1. The van der Waals surface area contributed by atoms with Gasteiger partial charge in [-0.1, -0.05) is 0 Å². The summed E-state index contributed by atoms with van der Waals surface area (Å²) in [4.78, 5) is 18.7. The third-order valence-electron chi connectivity index (χ3n) is 3.22. The molecule has 2 aromatic rings. The van der Waals surface area contributed by atoms with Gasteiger partial charge in [-0.3, -0.25) is 4.79 Å². The van der Waals surface area contributed by atoms with E-state index in [2.05, 4.69) is 15.2 Å². The Morgan fingerprint density at radius 2 is 2.09 bits per heavy atom. The number of rotatable bonds is 5. The Kier molecular flexibility index (Phi) is 4.78. The standard InChI is InChI=1S/C16H19N3O3S/c1-19(2)9-16-18-12(10-23-16)8-15(20)17-11-3-4-13-14(7-11)22-6-5-21-13/h3-4,7,10H,5-6,8-9H2,1-2H3,(H,17,20). The highest BCUT2D eigenvalue weighted by molar-refractivity contribution is 7.09. The highest BCUT2D eigenvalue weighted by atomic mass is 32.1. The number of hydrogen-bond acceptors (Lipinski definition) is 6. The molecule has 1 amide bonds. The van der Waals surface area contributed by atoms with E-state index in [1.54, 1.807) is 17.4 Å². The Balaban J connectivity index is 1.60. The fourth-order valence-electron chi connectivity index (χ4n) is 2.26. The number of benzene rings is 1. The maximum Gasteiger partial charge on any atom is 0.230 e. The van der Waals surface area contributed by atoms with Crippen molar-refractivity contribution < 1.29 is 14.3 Å². The minimum absolute atomic E-state index is 0.0941. The molecule has 0 bridgehead atoms. The molecule has 0 radical (unpaired) electrons. The molecule has 6 nitrogen and oxygen atoms in total. The summed E-state index contributed by atoms with van der Waals surface area (Å²) >= 11 is 1.58. The first kappa shape index (κ1) is 15.8. The number of fused-ring (bicyclic) bond motifs is 1. The molecule has 122 valence electrons. The van der Waals surface area contributed by atoms with Crippen molar-refractivity contribution in [1.82, 2.24) is 9.88 Å². The van der Waals surface area contributed by atoms with Gasteiger partial charge >= 0.3 is 0 Å². The van der Waals surface area contributed by atoms with Gasteiger partial charge in [-0.05, 0) is 26.2 Å². The molecule has 1 aromatic carbocycles. The van der Waals surface area contributed by atoms with Crippen LogP contribution in [0.5, 0.6) is 11.5 Å². The smallest absolute Gasteiger partial charge is 0.230 e. The van der Waals surface area contributed by atoms with E-state index in [-0.39, 0.29) is 12.3 Å². The molecule has 1 aromatic heterocycles. The molecule has 1 N–H and O–H groups in total. The average Bonchev–Trinajstić information content (AvgIpc) is 2.93. The summed E-state index contributed by atoms with van der Waals surface area (Å²) in [7, 11) is 3.99. The molecule has 1 aliphatic rings. The number of thiazole rings is 1. The van der Waals surface area contributed by atoms with Gasteiger partial charge in [0.05, 0.1) is 12.1 Å². The fraction of sp³-hybridized carbons (Fsp3) is 0.375. The number of hydrogen-bond donors (Lipinski definition) is 1. The Labute approximate surface area is 139 Å². The maximum absolute atomic E-state index is 12.2. The molecule has 2 heterocycles. The Morgan fingerprint density at radius 1 is 1.30 bits per heavy atom. The van der Waals surface area contributed by atoms with E-state index >= 15 is 0 Å². The number of carbonyl (C=O) groups is 1. The Bertz CT molecular complexity index is 700. The third kappa shape index (κ3) is 4.20. The Hall–Kier alpha value is -2.12. The third-order valence-corrected chi connectivity index (χ3v) is 4.10. The zero-order chi connectivity index (χ0) is 16.2. The van der Waals surface area contributed by atoms with Crippen molar-refractivity contribution in [3.63, 3.8) is 0 Å². The molecule has 3 rings (SSSR count). The number of carbonyl (C=O) groups excluding carboxylic acids is 1. The van der Waals surface area contributed by atoms with E-state index in [0.29, 0.717) is 30.4 Å². The van der Waals surface area contributed by atoms with Gasteiger partial charge in [0.2, 0.25) is 5.91 Å². The summed E-state index contributed by atoms with van der Waals surface area (Å²) in [6.45, 7) is 1.87. The minimum Gasteiger partial charge on any atom is -0.486 e. The lowest BCUT2D eigenvalue weighted by atomic mass is 10.2. The number of amides is 1. The summed E-state index contributed by atoms with van der Waals surface area (Å²) in [6, 6.07) is 5.40. The van der Waals surface area contributed by atoms with Gasteiger partial charge < -0.3 is 19.7 Å². The lowest BCUT2D eigenvalue weighted by molar-refractivity contribution is -0.115. The molecule has 0 unspecified atom stereocenters. The Morgan fingerprint density at radius 3 is 2.87 bits per heavy atom. The molecule has 23 heavy (non-hydrogen) atoms. The molecular formula is C16H19N3O3S. The number of nitrogens with zero attached hydrogens (tertiary/aromatic N) is 2.